The average molecular weight is 292 g/mol. The molecule has 0 unspecified atom stereocenters. The standard InChI is InChI=1S/C17H28N2O2/c1-13(2)12-18-11-10-14-6-8-15(9-7-14)19-16(20)21-17(3,4)5/h6-9,13,18H,10-12H2,1-5H3,(H,19,20). The molecule has 1 aromatic carbocycles. The highest BCUT2D eigenvalue weighted by Gasteiger charge is 2.15. The predicted octanol–water partition coefficient (Wildman–Crippen LogP) is 3.82. The quantitative estimate of drug-likeness (QED) is 0.784. The number of rotatable bonds is 6. The lowest BCUT2D eigenvalue weighted by Crippen LogP contribution is -2.27. The Hall–Kier alpha value is -1.55. The van der Waals surface area contributed by atoms with E-state index < -0.39 is 11.7 Å². The maximum atomic E-state index is 11.6. The van der Waals surface area contributed by atoms with Crippen LogP contribution < -0.4 is 10.6 Å². The number of benzene rings is 1. The minimum Gasteiger partial charge on any atom is -0.444 e. The van der Waals surface area contributed by atoms with Crippen LogP contribution in [0.3, 0.4) is 0 Å². The first kappa shape index (κ1) is 17.5. The van der Waals surface area contributed by atoms with Crippen LogP contribution >= 0.6 is 0 Å². The molecule has 0 radical (unpaired) electrons. The molecule has 0 heterocycles. The molecule has 21 heavy (non-hydrogen) atoms. The highest BCUT2D eigenvalue weighted by atomic mass is 16.6. The van der Waals surface area contributed by atoms with E-state index in [9.17, 15) is 4.79 Å². The second kappa shape index (κ2) is 8.03. The summed E-state index contributed by atoms with van der Waals surface area (Å²) in [6, 6.07) is 7.87. The molecule has 1 aromatic rings. The molecule has 4 heteroatoms. The summed E-state index contributed by atoms with van der Waals surface area (Å²) in [6.07, 6.45) is 0.563. The highest BCUT2D eigenvalue weighted by molar-refractivity contribution is 5.84. The van der Waals surface area contributed by atoms with Gasteiger partial charge in [0.15, 0.2) is 0 Å². The lowest BCUT2D eigenvalue weighted by molar-refractivity contribution is 0.0636. The normalized spacial score (nSPS) is 11.5. The molecule has 0 bridgehead atoms. The second-order valence-electron chi connectivity index (χ2n) is 6.67. The first-order valence-corrected chi connectivity index (χ1v) is 7.56. The van der Waals surface area contributed by atoms with Crippen LogP contribution in [-0.4, -0.2) is 24.8 Å². The fraction of sp³-hybridized carbons (Fsp3) is 0.588. The van der Waals surface area contributed by atoms with Gasteiger partial charge in [0.2, 0.25) is 0 Å². The maximum absolute atomic E-state index is 11.6. The van der Waals surface area contributed by atoms with E-state index in [0.29, 0.717) is 5.92 Å². The van der Waals surface area contributed by atoms with Gasteiger partial charge in [0.25, 0.3) is 0 Å². The fourth-order valence-electron chi connectivity index (χ4n) is 1.80. The van der Waals surface area contributed by atoms with Crippen LogP contribution in [0.1, 0.15) is 40.2 Å². The number of hydrogen-bond acceptors (Lipinski definition) is 3. The van der Waals surface area contributed by atoms with Gasteiger partial charge in [-0.25, -0.2) is 4.79 Å². The third-order valence-electron chi connectivity index (χ3n) is 2.74. The van der Waals surface area contributed by atoms with Gasteiger partial charge in [0, 0.05) is 5.69 Å². The summed E-state index contributed by atoms with van der Waals surface area (Å²) in [5, 5.41) is 6.15. The van der Waals surface area contributed by atoms with E-state index in [1.807, 2.05) is 45.0 Å². The number of ether oxygens (including phenoxy) is 1. The van der Waals surface area contributed by atoms with Crippen LogP contribution in [0.15, 0.2) is 24.3 Å². The van der Waals surface area contributed by atoms with Gasteiger partial charge in [0.05, 0.1) is 0 Å². The number of hydrogen-bond donors (Lipinski definition) is 2. The number of anilines is 1. The molecule has 1 amide bonds. The molecule has 1 rings (SSSR count). The van der Waals surface area contributed by atoms with Crippen molar-refractivity contribution in [2.75, 3.05) is 18.4 Å². The molecule has 4 nitrogen and oxygen atoms in total. The van der Waals surface area contributed by atoms with Crippen LogP contribution in [0.4, 0.5) is 10.5 Å². The van der Waals surface area contributed by atoms with Crippen molar-refractivity contribution in [1.82, 2.24) is 5.32 Å². The fourth-order valence-corrected chi connectivity index (χ4v) is 1.80. The third kappa shape index (κ3) is 8.35. The summed E-state index contributed by atoms with van der Waals surface area (Å²) in [5.74, 6) is 0.672. The molecule has 0 aliphatic heterocycles. The molecule has 0 aliphatic carbocycles. The SMILES string of the molecule is CC(C)CNCCc1ccc(NC(=O)OC(C)(C)C)cc1. The molecule has 0 spiro atoms. The summed E-state index contributed by atoms with van der Waals surface area (Å²) in [7, 11) is 0. The Morgan fingerprint density at radius 1 is 1.19 bits per heavy atom. The van der Waals surface area contributed by atoms with Crippen LogP contribution in [-0.2, 0) is 11.2 Å². The van der Waals surface area contributed by atoms with Gasteiger partial charge in [-0.1, -0.05) is 26.0 Å². The summed E-state index contributed by atoms with van der Waals surface area (Å²) in [5.41, 5.74) is 1.52. The smallest absolute Gasteiger partial charge is 0.412 e. The number of carbonyl (C=O) groups excluding carboxylic acids is 1. The molecule has 2 N–H and O–H groups in total. The zero-order valence-corrected chi connectivity index (χ0v) is 13.8. The van der Waals surface area contributed by atoms with E-state index in [-0.39, 0.29) is 0 Å². The first-order valence-electron chi connectivity index (χ1n) is 7.56. The van der Waals surface area contributed by atoms with Gasteiger partial charge in [0.1, 0.15) is 5.60 Å². The highest BCUT2D eigenvalue weighted by Crippen LogP contribution is 2.13. The molecule has 0 aliphatic rings. The first-order chi connectivity index (χ1) is 9.76. The summed E-state index contributed by atoms with van der Waals surface area (Å²) >= 11 is 0. The lowest BCUT2D eigenvalue weighted by atomic mass is 10.1. The van der Waals surface area contributed by atoms with E-state index in [2.05, 4.69) is 24.5 Å². The zero-order chi connectivity index (χ0) is 15.9. The van der Waals surface area contributed by atoms with Crippen molar-refractivity contribution in [2.45, 2.75) is 46.6 Å². The summed E-state index contributed by atoms with van der Waals surface area (Å²) in [6.45, 7) is 11.9. The average Bonchev–Trinajstić information content (AvgIpc) is 2.34. The maximum Gasteiger partial charge on any atom is 0.412 e. The Morgan fingerprint density at radius 2 is 1.81 bits per heavy atom. The molecule has 118 valence electrons. The monoisotopic (exact) mass is 292 g/mol. The Bertz CT molecular complexity index is 433. The Labute approximate surface area is 128 Å². The van der Waals surface area contributed by atoms with E-state index >= 15 is 0 Å². The molecular weight excluding hydrogens is 264 g/mol. The molecule has 0 aromatic heterocycles. The van der Waals surface area contributed by atoms with Crippen molar-refractivity contribution in [3.63, 3.8) is 0 Å². The Kier molecular flexibility index (Phi) is 6.69. The number of nitrogens with one attached hydrogen (secondary N) is 2. The Morgan fingerprint density at radius 3 is 2.33 bits per heavy atom. The lowest BCUT2D eigenvalue weighted by Gasteiger charge is -2.19. The molecule has 0 atom stereocenters. The van der Waals surface area contributed by atoms with Crippen LogP contribution in [0.25, 0.3) is 0 Å². The van der Waals surface area contributed by atoms with Crippen molar-refractivity contribution < 1.29 is 9.53 Å². The van der Waals surface area contributed by atoms with Crippen molar-refractivity contribution in [2.24, 2.45) is 5.92 Å². The third-order valence-corrected chi connectivity index (χ3v) is 2.74. The van der Waals surface area contributed by atoms with Crippen molar-refractivity contribution in [3.05, 3.63) is 29.8 Å². The second-order valence-corrected chi connectivity index (χ2v) is 6.67. The van der Waals surface area contributed by atoms with Gasteiger partial charge < -0.3 is 10.1 Å². The largest absolute Gasteiger partial charge is 0.444 e. The van der Waals surface area contributed by atoms with Gasteiger partial charge in [-0.15, -0.1) is 0 Å². The van der Waals surface area contributed by atoms with E-state index in [1.165, 1.54) is 5.56 Å². The van der Waals surface area contributed by atoms with E-state index in [0.717, 1.165) is 25.2 Å². The van der Waals surface area contributed by atoms with Crippen LogP contribution in [0, 0.1) is 5.92 Å². The number of carbonyl (C=O) groups is 1. The minimum absolute atomic E-state index is 0.422. The topological polar surface area (TPSA) is 50.4 Å². The minimum atomic E-state index is -0.480. The predicted molar refractivity (Wildman–Crippen MR) is 87.7 cm³/mol. The van der Waals surface area contributed by atoms with Crippen molar-refractivity contribution in [1.29, 1.82) is 0 Å². The zero-order valence-electron chi connectivity index (χ0n) is 13.8. The van der Waals surface area contributed by atoms with Crippen molar-refractivity contribution >= 4 is 11.8 Å². The van der Waals surface area contributed by atoms with Crippen LogP contribution in [0.2, 0.25) is 0 Å². The molecular formula is C17H28N2O2. The molecule has 0 saturated heterocycles. The van der Waals surface area contributed by atoms with Gasteiger partial charge in [-0.3, -0.25) is 5.32 Å². The van der Waals surface area contributed by atoms with E-state index in [4.69, 9.17) is 4.74 Å². The molecule has 0 fully saturated rings. The Balaban J connectivity index is 2.38. The van der Waals surface area contributed by atoms with Gasteiger partial charge >= 0.3 is 6.09 Å². The summed E-state index contributed by atoms with van der Waals surface area (Å²) in [4.78, 5) is 11.6. The van der Waals surface area contributed by atoms with E-state index in [1.54, 1.807) is 0 Å². The van der Waals surface area contributed by atoms with Crippen molar-refractivity contribution in [3.8, 4) is 0 Å². The molecule has 0 saturated carbocycles. The summed E-state index contributed by atoms with van der Waals surface area (Å²) < 4.78 is 5.21. The van der Waals surface area contributed by atoms with Crippen LogP contribution in [0.5, 0.6) is 0 Å². The van der Waals surface area contributed by atoms with Gasteiger partial charge in [-0.2, -0.15) is 0 Å². The van der Waals surface area contributed by atoms with Gasteiger partial charge in [-0.05, 0) is 63.9 Å². The number of amides is 1.